The fourth-order valence-corrected chi connectivity index (χ4v) is 3.75. The number of aryl methyl sites for hydroxylation is 1. The molecule has 118 valence electrons. The number of aromatic amines is 1. The average Bonchev–Trinajstić information content (AvgIpc) is 2.78. The highest BCUT2D eigenvalue weighted by molar-refractivity contribution is 9.10. The van der Waals surface area contributed by atoms with Gasteiger partial charge in [0.2, 0.25) is 0 Å². The fraction of sp³-hybridized carbons (Fsp3) is 0.312. The molecule has 0 saturated carbocycles. The number of fused-ring (bicyclic) bond motifs is 2. The van der Waals surface area contributed by atoms with Crippen molar-refractivity contribution in [3.05, 3.63) is 43.9 Å². The summed E-state index contributed by atoms with van der Waals surface area (Å²) in [6.07, 6.45) is 4.03. The summed E-state index contributed by atoms with van der Waals surface area (Å²) in [6.45, 7) is 0.727. The molecule has 2 aromatic heterocycles. The number of rotatable bonds is 1. The summed E-state index contributed by atoms with van der Waals surface area (Å²) in [5.74, 6) is 1.41. The minimum absolute atomic E-state index is 0.0427. The van der Waals surface area contributed by atoms with E-state index in [9.17, 15) is 4.79 Å². The van der Waals surface area contributed by atoms with Crippen molar-refractivity contribution in [2.45, 2.75) is 32.2 Å². The number of halogens is 2. The normalized spacial score (nSPS) is 14.7. The summed E-state index contributed by atoms with van der Waals surface area (Å²) in [4.78, 5) is 24.9. The van der Waals surface area contributed by atoms with Crippen LogP contribution in [0.3, 0.4) is 0 Å². The Morgan fingerprint density at radius 2 is 2.09 bits per heavy atom. The molecule has 1 aliphatic heterocycles. The van der Waals surface area contributed by atoms with Crippen LogP contribution in [-0.4, -0.2) is 19.5 Å². The molecule has 3 aromatic rings. The summed E-state index contributed by atoms with van der Waals surface area (Å²) in [5, 5.41) is 0.570. The Bertz CT molecular complexity index is 963. The first-order valence-electron chi connectivity index (χ1n) is 7.58. The lowest BCUT2D eigenvalue weighted by Crippen LogP contribution is -2.24. The van der Waals surface area contributed by atoms with Crippen molar-refractivity contribution >= 4 is 38.7 Å². The minimum Gasteiger partial charge on any atom is -0.332 e. The monoisotopic (exact) mass is 392 g/mol. The van der Waals surface area contributed by atoms with Gasteiger partial charge in [0.15, 0.2) is 11.2 Å². The van der Waals surface area contributed by atoms with E-state index in [1.54, 1.807) is 10.6 Å². The second kappa shape index (κ2) is 5.76. The van der Waals surface area contributed by atoms with Gasteiger partial charge in [-0.25, -0.2) is 9.97 Å². The molecule has 0 fully saturated rings. The van der Waals surface area contributed by atoms with Crippen molar-refractivity contribution in [2.75, 3.05) is 0 Å². The molecule has 7 heteroatoms. The molecule has 3 heterocycles. The van der Waals surface area contributed by atoms with Gasteiger partial charge in [0.25, 0.3) is 5.56 Å². The highest BCUT2D eigenvalue weighted by Crippen LogP contribution is 2.29. The molecule has 0 saturated heterocycles. The van der Waals surface area contributed by atoms with E-state index in [1.807, 2.05) is 12.1 Å². The largest absolute Gasteiger partial charge is 0.332 e. The average molecular weight is 394 g/mol. The van der Waals surface area contributed by atoms with Crippen molar-refractivity contribution in [1.82, 2.24) is 19.5 Å². The summed E-state index contributed by atoms with van der Waals surface area (Å²) in [6, 6.07) is 5.57. The highest BCUT2D eigenvalue weighted by atomic mass is 79.9. The first-order valence-corrected chi connectivity index (χ1v) is 8.75. The Morgan fingerprint density at radius 1 is 1.22 bits per heavy atom. The zero-order chi connectivity index (χ0) is 16.0. The van der Waals surface area contributed by atoms with Crippen molar-refractivity contribution < 1.29 is 0 Å². The molecular weight excluding hydrogens is 380 g/mol. The second-order valence-corrected chi connectivity index (χ2v) is 7.03. The van der Waals surface area contributed by atoms with Gasteiger partial charge in [-0.1, -0.05) is 34.0 Å². The lowest BCUT2D eigenvalue weighted by atomic mass is 10.2. The number of H-pyrrole nitrogens is 1. The van der Waals surface area contributed by atoms with E-state index >= 15 is 0 Å². The number of aromatic nitrogens is 4. The van der Waals surface area contributed by atoms with E-state index in [4.69, 9.17) is 11.6 Å². The Hall–Kier alpha value is -1.66. The molecule has 0 atom stereocenters. The van der Waals surface area contributed by atoms with Crippen molar-refractivity contribution in [1.29, 1.82) is 0 Å². The van der Waals surface area contributed by atoms with E-state index in [0.29, 0.717) is 22.0 Å². The fourth-order valence-electron chi connectivity index (χ4n) is 2.99. The summed E-state index contributed by atoms with van der Waals surface area (Å²) in [5.41, 5.74) is 1.63. The molecule has 4 rings (SSSR count). The van der Waals surface area contributed by atoms with Gasteiger partial charge in [0.05, 0.1) is 5.02 Å². The topological polar surface area (TPSA) is 63.6 Å². The molecule has 23 heavy (non-hydrogen) atoms. The lowest BCUT2D eigenvalue weighted by Gasteiger charge is -2.06. The quantitative estimate of drug-likeness (QED) is 0.681. The second-order valence-electron chi connectivity index (χ2n) is 5.70. The predicted octanol–water partition coefficient (Wildman–Crippen LogP) is 3.93. The van der Waals surface area contributed by atoms with E-state index < -0.39 is 0 Å². The van der Waals surface area contributed by atoms with Crippen LogP contribution in [0.15, 0.2) is 27.5 Å². The van der Waals surface area contributed by atoms with Gasteiger partial charge in [-0.05, 0) is 31.0 Å². The van der Waals surface area contributed by atoms with Crippen LogP contribution < -0.4 is 5.56 Å². The summed E-state index contributed by atoms with van der Waals surface area (Å²) in [7, 11) is 0. The Kier molecular flexibility index (Phi) is 3.73. The van der Waals surface area contributed by atoms with Gasteiger partial charge >= 0.3 is 0 Å². The van der Waals surface area contributed by atoms with Crippen LogP contribution in [0.25, 0.3) is 22.6 Å². The van der Waals surface area contributed by atoms with Gasteiger partial charge in [-0.2, -0.15) is 0 Å². The van der Waals surface area contributed by atoms with E-state index in [2.05, 4.69) is 30.9 Å². The summed E-state index contributed by atoms with van der Waals surface area (Å²) < 4.78 is 2.67. The summed E-state index contributed by atoms with van der Waals surface area (Å²) >= 11 is 9.67. The highest BCUT2D eigenvalue weighted by Gasteiger charge is 2.18. The van der Waals surface area contributed by atoms with Gasteiger partial charge in [0, 0.05) is 23.0 Å². The van der Waals surface area contributed by atoms with Gasteiger partial charge in [0.1, 0.15) is 11.6 Å². The molecule has 1 aliphatic rings. The molecule has 1 N–H and O–H groups in total. The van der Waals surface area contributed by atoms with Crippen LogP contribution >= 0.6 is 27.5 Å². The zero-order valence-corrected chi connectivity index (χ0v) is 14.6. The molecule has 0 bridgehead atoms. The molecule has 0 amide bonds. The van der Waals surface area contributed by atoms with Crippen molar-refractivity contribution in [3.8, 4) is 11.4 Å². The predicted molar refractivity (Wildman–Crippen MR) is 93.8 cm³/mol. The first-order chi connectivity index (χ1) is 11.1. The van der Waals surface area contributed by atoms with Crippen LogP contribution in [0.2, 0.25) is 5.02 Å². The maximum atomic E-state index is 12.7. The van der Waals surface area contributed by atoms with Gasteiger partial charge in [-0.15, -0.1) is 0 Å². The molecule has 0 aliphatic carbocycles. The third-order valence-corrected chi connectivity index (χ3v) is 4.96. The third-order valence-electron chi connectivity index (χ3n) is 4.16. The van der Waals surface area contributed by atoms with E-state index in [0.717, 1.165) is 48.1 Å². The number of nitrogens with zero attached hydrogens (tertiary/aromatic N) is 3. The van der Waals surface area contributed by atoms with Gasteiger partial charge < -0.3 is 4.98 Å². The van der Waals surface area contributed by atoms with Crippen LogP contribution in [0, 0.1) is 0 Å². The standard InChI is InChI=1S/C16H14BrClN4O/c17-9-5-6-10(11(18)8-9)14-20-13-15(21-14)19-12-4-2-1-3-7-22(12)16(13)23/h5-6,8H,1-4,7H2,(H,20,21). The molecule has 0 radical (unpaired) electrons. The minimum atomic E-state index is -0.0427. The van der Waals surface area contributed by atoms with Crippen LogP contribution in [0.5, 0.6) is 0 Å². The maximum absolute atomic E-state index is 12.7. The van der Waals surface area contributed by atoms with E-state index in [-0.39, 0.29) is 5.56 Å². The Balaban J connectivity index is 1.91. The molecule has 5 nitrogen and oxygen atoms in total. The maximum Gasteiger partial charge on any atom is 0.279 e. The molecule has 0 spiro atoms. The Labute approximate surface area is 145 Å². The SMILES string of the molecule is O=c1c2[nH]c(-c3ccc(Br)cc3Cl)nc2nc2n1CCCCC2. The molecule has 1 aromatic carbocycles. The smallest absolute Gasteiger partial charge is 0.279 e. The zero-order valence-electron chi connectivity index (χ0n) is 12.3. The first kappa shape index (κ1) is 14.9. The number of nitrogens with one attached hydrogen (secondary N) is 1. The number of hydrogen-bond acceptors (Lipinski definition) is 3. The van der Waals surface area contributed by atoms with Crippen LogP contribution in [0.1, 0.15) is 25.1 Å². The number of imidazole rings is 1. The lowest BCUT2D eigenvalue weighted by molar-refractivity contribution is 0.613. The van der Waals surface area contributed by atoms with Crippen molar-refractivity contribution in [2.24, 2.45) is 0 Å². The van der Waals surface area contributed by atoms with Crippen LogP contribution in [0.4, 0.5) is 0 Å². The molecule has 0 unspecified atom stereocenters. The third kappa shape index (κ3) is 2.60. The van der Waals surface area contributed by atoms with Crippen LogP contribution in [-0.2, 0) is 13.0 Å². The number of benzene rings is 1. The van der Waals surface area contributed by atoms with Crippen molar-refractivity contribution in [3.63, 3.8) is 0 Å². The molecular formula is C16H14BrClN4O. The number of hydrogen-bond donors (Lipinski definition) is 1. The van der Waals surface area contributed by atoms with Gasteiger partial charge in [-0.3, -0.25) is 9.36 Å². The Morgan fingerprint density at radius 3 is 2.91 bits per heavy atom. The van der Waals surface area contributed by atoms with E-state index in [1.165, 1.54) is 0 Å².